The molecule has 1 saturated heterocycles. The van der Waals surface area contributed by atoms with Crippen molar-refractivity contribution in [1.29, 1.82) is 0 Å². The summed E-state index contributed by atoms with van der Waals surface area (Å²) in [7, 11) is 0. The molecular formula is C16H26N2O2. The molecule has 0 aromatic heterocycles. The highest BCUT2D eigenvalue weighted by Gasteiger charge is 2.37. The second-order valence-electron chi connectivity index (χ2n) is 6.93. The fraction of sp³-hybridized carbons (Fsp3) is 0.750. The van der Waals surface area contributed by atoms with E-state index in [2.05, 4.69) is 5.32 Å². The van der Waals surface area contributed by atoms with Gasteiger partial charge in [0.05, 0.1) is 11.8 Å². The van der Waals surface area contributed by atoms with Crippen LogP contribution >= 0.6 is 0 Å². The summed E-state index contributed by atoms with van der Waals surface area (Å²) in [4.78, 5) is 27.0. The predicted octanol–water partition coefficient (Wildman–Crippen LogP) is 2.11. The molecule has 20 heavy (non-hydrogen) atoms. The SMILES string of the molecule is CC(C)(C)NC(=O)C1CC=CCC1C(=O)N1CCCC1. The van der Waals surface area contributed by atoms with Crippen LogP contribution in [0.1, 0.15) is 46.5 Å². The van der Waals surface area contributed by atoms with E-state index in [0.29, 0.717) is 12.8 Å². The van der Waals surface area contributed by atoms with E-state index in [1.54, 1.807) is 0 Å². The lowest BCUT2D eigenvalue weighted by Crippen LogP contribution is -2.48. The van der Waals surface area contributed by atoms with Crippen molar-refractivity contribution < 1.29 is 9.59 Å². The average Bonchev–Trinajstić information content (AvgIpc) is 2.89. The third-order valence-electron chi connectivity index (χ3n) is 4.00. The fourth-order valence-electron chi connectivity index (χ4n) is 3.01. The Labute approximate surface area is 121 Å². The topological polar surface area (TPSA) is 49.4 Å². The number of nitrogens with one attached hydrogen (secondary N) is 1. The Bertz CT molecular complexity index is 403. The zero-order valence-electron chi connectivity index (χ0n) is 12.8. The van der Waals surface area contributed by atoms with E-state index in [1.165, 1.54) is 0 Å². The zero-order valence-corrected chi connectivity index (χ0v) is 12.8. The molecule has 0 aromatic carbocycles. The minimum absolute atomic E-state index is 0.0133. The molecule has 4 nitrogen and oxygen atoms in total. The van der Waals surface area contributed by atoms with Crippen molar-refractivity contribution in [2.75, 3.05) is 13.1 Å². The summed E-state index contributed by atoms with van der Waals surface area (Å²) < 4.78 is 0. The molecule has 0 aromatic rings. The Morgan fingerprint density at radius 2 is 1.60 bits per heavy atom. The summed E-state index contributed by atoms with van der Waals surface area (Å²) in [6.07, 6.45) is 7.62. The Kier molecular flexibility index (Phi) is 4.51. The van der Waals surface area contributed by atoms with Crippen molar-refractivity contribution in [3.05, 3.63) is 12.2 Å². The molecule has 2 rings (SSSR count). The summed E-state index contributed by atoms with van der Waals surface area (Å²) in [5.41, 5.74) is -0.251. The predicted molar refractivity (Wildman–Crippen MR) is 79.1 cm³/mol. The van der Waals surface area contributed by atoms with Crippen molar-refractivity contribution in [3.8, 4) is 0 Å². The normalized spacial score (nSPS) is 26.6. The Morgan fingerprint density at radius 3 is 2.15 bits per heavy atom. The molecule has 1 aliphatic carbocycles. The number of nitrogens with zero attached hydrogens (tertiary/aromatic N) is 1. The fourth-order valence-corrected chi connectivity index (χ4v) is 3.01. The van der Waals surface area contributed by atoms with Crippen LogP contribution in [0, 0.1) is 11.8 Å². The number of allylic oxidation sites excluding steroid dienone is 2. The highest BCUT2D eigenvalue weighted by Crippen LogP contribution is 2.29. The zero-order chi connectivity index (χ0) is 14.8. The van der Waals surface area contributed by atoms with Gasteiger partial charge in [0.1, 0.15) is 0 Å². The minimum atomic E-state index is -0.251. The van der Waals surface area contributed by atoms with Gasteiger partial charge in [-0.25, -0.2) is 0 Å². The van der Waals surface area contributed by atoms with E-state index in [1.807, 2.05) is 37.8 Å². The van der Waals surface area contributed by atoms with Crippen LogP contribution in [0.25, 0.3) is 0 Å². The molecule has 112 valence electrons. The van der Waals surface area contributed by atoms with Crippen molar-refractivity contribution in [3.63, 3.8) is 0 Å². The molecule has 0 saturated carbocycles. The first-order chi connectivity index (χ1) is 9.38. The Balaban J connectivity index is 2.07. The van der Waals surface area contributed by atoms with Gasteiger partial charge in [-0.05, 0) is 46.5 Å². The van der Waals surface area contributed by atoms with Gasteiger partial charge >= 0.3 is 0 Å². The first-order valence-corrected chi connectivity index (χ1v) is 7.64. The molecule has 0 radical (unpaired) electrons. The largest absolute Gasteiger partial charge is 0.351 e. The van der Waals surface area contributed by atoms with Gasteiger partial charge in [0, 0.05) is 18.6 Å². The maximum absolute atomic E-state index is 12.6. The van der Waals surface area contributed by atoms with Crippen molar-refractivity contribution >= 4 is 11.8 Å². The van der Waals surface area contributed by atoms with Crippen LogP contribution in [-0.2, 0) is 9.59 Å². The number of likely N-dealkylation sites (tertiary alicyclic amines) is 1. The third-order valence-corrected chi connectivity index (χ3v) is 4.00. The Hall–Kier alpha value is -1.32. The number of amides is 2. The van der Waals surface area contributed by atoms with E-state index < -0.39 is 0 Å². The van der Waals surface area contributed by atoms with E-state index >= 15 is 0 Å². The number of carbonyl (C=O) groups is 2. The second-order valence-corrected chi connectivity index (χ2v) is 6.93. The van der Waals surface area contributed by atoms with E-state index in [4.69, 9.17) is 0 Å². The number of carbonyl (C=O) groups excluding carboxylic acids is 2. The maximum atomic E-state index is 12.6. The van der Waals surface area contributed by atoms with Gasteiger partial charge < -0.3 is 10.2 Å². The first-order valence-electron chi connectivity index (χ1n) is 7.64. The summed E-state index contributed by atoms with van der Waals surface area (Å²) in [5.74, 6) is -0.215. The quantitative estimate of drug-likeness (QED) is 0.786. The van der Waals surface area contributed by atoms with Gasteiger partial charge in [0.25, 0.3) is 0 Å². The molecule has 0 spiro atoms. The van der Waals surface area contributed by atoms with Gasteiger partial charge in [-0.2, -0.15) is 0 Å². The molecule has 2 unspecified atom stereocenters. The summed E-state index contributed by atoms with van der Waals surface area (Å²) >= 11 is 0. The molecule has 2 amide bonds. The van der Waals surface area contributed by atoms with Gasteiger partial charge in [0.15, 0.2) is 0 Å². The first kappa shape index (κ1) is 15.1. The average molecular weight is 278 g/mol. The number of hydrogen-bond donors (Lipinski definition) is 1. The van der Waals surface area contributed by atoms with Crippen LogP contribution in [0.5, 0.6) is 0 Å². The molecule has 1 heterocycles. The monoisotopic (exact) mass is 278 g/mol. The molecule has 1 aliphatic heterocycles. The van der Waals surface area contributed by atoms with Crippen LogP contribution < -0.4 is 5.32 Å². The summed E-state index contributed by atoms with van der Waals surface area (Å²) in [6.45, 7) is 7.63. The molecular weight excluding hydrogens is 252 g/mol. The lowest BCUT2D eigenvalue weighted by Gasteiger charge is -2.32. The van der Waals surface area contributed by atoms with Crippen LogP contribution in [0.4, 0.5) is 0 Å². The van der Waals surface area contributed by atoms with Crippen LogP contribution in [0.2, 0.25) is 0 Å². The van der Waals surface area contributed by atoms with Gasteiger partial charge in [-0.3, -0.25) is 9.59 Å². The van der Waals surface area contributed by atoms with Crippen LogP contribution in [0.15, 0.2) is 12.2 Å². The van der Waals surface area contributed by atoms with Gasteiger partial charge in [-0.1, -0.05) is 12.2 Å². The highest BCUT2D eigenvalue weighted by atomic mass is 16.2. The standard InChI is InChI=1S/C16H26N2O2/c1-16(2,3)17-14(19)12-8-4-5-9-13(12)15(20)18-10-6-7-11-18/h4-5,12-13H,6-11H2,1-3H3,(H,17,19). The number of hydrogen-bond acceptors (Lipinski definition) is 2. The smallest absolute Gasteiger partial charge is 0.226 e. The number of rotatable bonds is 2. The van der Waals surface area contributed by atoms with Crippen LogP contribution in [0.3, 0.4) is 0 Å². The molecule has 1 fully saturated rings. The lowest BCUT2D eigenvalue weighted by atomic mass is 9.81. The van der Waals surface area contributed by atoms with Crippen molar-refractivity contribution in [2.24, 2.45) is 11.8 Å². The lowest BCUT2D eigenvalue weighted by molar-refractivity contribution is -0.141. The minimum Gasteiger partial charge on any atom is -0.351 e. The molecule has 4 heteroatoms. The third kappa shape index (κ3) is 3.62. The van der Waals surface area contributed by atoms with Gasteiger partial charge in [-0.15, -0.1) is 0 Å². The maximum Gasteiger partial charge on any atom is 0.226 e. The highest BCUT2D eigenvalue weighted by molar-refractivity contribution is 5.88. The summed E-state index contributed by atoms with van der Waals surface area (Å²) in [6, 6.07) is 0. The molecule has 2 aliphatic rings. The molecule has 0 bridgehead atoms. The van der Waals surface area contributed by atoms with Crippen molar-refractivity contribution in [1.82, 2.24) is 10.2 Å². The van der Waals surface area contributed by atoms with E-state index in [-0.39, 0.29) is 29.2 Å². The molecule has 2 atom stereocenters. The second kappa shape index (κ2) is 5.98. The van der Waals surface area contributed by atoms with Gasteiger partial charge in [0.2, 0.25) is 11.8 Å². The van der Waals surface area contributed by atoms with Crippen LogP contribution in [-0.4, -0.2) is 35.3 Å². The Morgan fingerprint density at radius 1 is 1.05 bits per heavy atom. The molecule has 1 N–H and O–H groups in total. The van der Waals surface area contributed by atoms with Crippen molar-refractivity contribution in [2.45, 2.75) is 52.0 Å². The van der Waals surface area contributed by atoms with E-state index in [0.717, 1.165) is 25.9 Å². The van der Waals surface area contributed by atoms with E-state index in [9.17, 15) is 9.59 Å². The summed E-state index contributed by atoms with van der Waals surface area (Å²) in [5, 5.41) is 3.02.